The van der Waals surface area contributed by atoms with Crippen molar-refractivity contribution in [3.63, 3.8) is 0 Å². The summed E-state index contributed by atoms with van der Waals surface area (Å²) in [6.45, 7) is 2.80. The number of β-lactam (4-membered cyclic amide) rings is 1. The Hall–Kier alpha value is -1.39. The Labute approximate surface area is 132 Å². The fourth-order valence-corrected chi connectivity index (χ4v) is 3.26. The van der Waals surface area contributed by atoms with Gasteiger partial charge in [0.15, 0.2) is 6.29 Å². The fourth-order valence-electron chi connectivity index (χ4n) is 3.26. The third-order valence-corrected chi connectivity index (χ3v) is 4.68. The van der Waals surface area contributed by atoms with Crippen LogP contribution < -0.4 is 0 Å². The zero-order chi connectivity index (χ0) is 15.4. The number of hydrogen-bond donors (Lipinski definition) is 0. The minimum atomic E-state index is -0.231. The van der Waals surface area contributed by atoms with Crippen molar-refractivity contribution in [1.82, 2.24) is 5.06 Å². The number of carbonyl (C=O) groups is 1. The average Bonchev–Trinajstić information content (AvgIpc) is 2.58. The van der Waals surface area contributed by atoms with Crippen LogP contribution in [0, 0.1) is 5.92 Å². The number of rotatable bonds is 6. The highest BCUT2D eigenvalue weighted by Gasteiger charge is 2.46. The molecular formula is C18H25NO3. The molecule has 0 spiro atoms. The van der Waals surface area contributed by atoms with E-state index in [1.54, 1.807) is 0 Å². The molecule has 2 aliphatic rings. The van der Waals surface area contributed by atoms with Crippen LogP contribution in [0.25, 0.3) is 0 Å². The second kappa shape index (κ2) is 7.25. The summed E-state index contributed by atoms with van der Waals surface area (Å²) in [4.78, 5) is 17.9. The van der Waals surface area contributed by atoms with Gasteiger partial charge in [-0.2, -0.15) is 0 Å². The highest BCUT2D eigenvalue weighted by Crippen LogP contribution is 2.32. The predicted molar refractivity (Wildman–Crippen MR) is 83.9 cm³/mol. The molecule has 22 heavy (non-hydrogen) atoms. The quantitative estimate of drug-likeness (QED) is 0.757. The molecule has 0 aromatic heterocycles. The molecule has 0 radical (unpaired) electrons. The van der Waals surface area contributed by atoms with Gasteiger partial charge in [0.2, 0.25) is 0 Å². The van der Waals surface area contributed by atoms with E-state index in [1.165, 1.54) is 10.6 Å². The summed E-state index contributed by atoms with van der Waals surface area (Å²) in [7, 11) is 0. The van der Waals surface area contributed by atoms with Gasteiger partial charge in [-0.05, 0) is 44.6 Å². The molecule has 1 aromatic carbocycles. The van der Waals surface area contributed by atoms with Crippen LogP contribution in [0.1, 0.15) is 44.6 Å². The highest BCUT2D eigenvalue weighted by atomic mass is 16.8. The normalized spacial score (nSPS) is 28.5. The molecule has 2 unspecified atom stereocenters. The van der Waals surface area contributed by atoms with Crippen molar-refractivity contribution in [2.45, 2.75) is 57.8 Å². The molecular weight excluding hydrogens is 278 g/mol. The van der Waals surface area contributed by atoms with E-state index in [-0.39, 0.29) is 24.2 Å². The van der Waals surface area contributed by atoms with E-state index in [9.17, 15) is 4.79 Å². The van der Waals surface area contributed by atoms with Crippen LogP contribution in [0.2, 0.25) is 0 Å². The van der Waals surface area contributed by atoms with Gasteiger partial charge in [0.05, 0.1) is 12.0 Å². The summed E-state index contributed by atoms with van der Waals surface area (Å²) in [6.07, 6.45) is 5.86. The molecule has 2 saturated heterocycles. The van der Waals surface area contributed by atoms with Crippen molar-refractivity contribution in [3.05, 3.63) is 35.9 Å². The van der Waals surface area contributed by atoms with Gasteiger partial charge in [0, 0.05) is 13.0 Å². The Morgan fingerprint density at radius 3 is 2.77 bits per heavy atom. The SMILES string of the molecule is CC1C(CCCc2ccccc2)C(=O)N1O[C@H]1CCCCO1. The molecule has 1 amide bonds. The van der Waals surface area contributed by atoms with Crippen molar-refractivity contribution in [1.29, 1.82) is 0 Å². The summed E-state index contributed by atoms with van der Waals surface area (Å²) in [5, 5.41) is 1.53. The van der Waals surface area contributed by atoms with Gasteiger partial charge in [-0.25, -0.2) is 9.90 Å². The molecule has 0 bridgehead atoms. The Morgan fingerprint density at radius 2 is 2.09 bits per heavy atom. The van der Waals surface area contributed by atoms with Crippen LogP contribution in [0.15, 0.2) is 30.3 Å². The number of aryl methyl sites for hydroxylation is 1. The first-order chi connectivity index (χ1) is 10.8. The first-order valence-corrected chi connectivity index (χ1v) is 8.41. The van der Waals surface area contributed by atoms with Gasteiger partial charge in [-0.15, -0.1) is 0 Å². The van der Waals surface area contributed by atoms with Crippen LogP contribution in [0.3, 0.4) is 0 Å². The molecule has 3 atom stereocenters. The van der Waals surface area contributed by atoms with Crippen LogP contribution in [0.5, 0.6) is 0 Å². The van der Waals surface area contributed by atoms with E-state index in [4.69, 9.17) is 9.57 Å². The van der Waals surface area contributed by atoms with E-state index < -0.39 is 0 Å². The van der Waals surface area contributed by atoms with Gasteiger partial charge in [-0.3, -0.25) is 4.79 Å². The van der Waals surface area contributed by atoms with Gasteiger partial charge >= 0.3 is 0 Å². The van der Waals surface area contributed by atoms with Gasteiger partial charge in [0.25, 0.3) is 5.91 Å². The van der Waals surface area contributed by atoms with E-state index in [0.717, 1.165) is 45.1 Å². The first kappa shape index (κ1) is 15.5. The van der Waals surface area contributed by atoms with Crippen LogP contribution in [-0.4, -0.2) is 29.9 Å². The van der Waals surface area contributed by atoms with E-state index in [2.05, 4.69) is 31.2 Å². The Kier molecular flexibility index (Phi) is 5.11. The maximum absolute atomic E-state index is 12.2. The van der Waals surface area contributed by atoms with Crippen LogP contribution in [-0.2, 0) is 20.8 Å². The molecule has 2 fully saturated rings. The average molecular weight is 303 g/mol. The lowest BCUT2D eigenvalue weighted by Crippen LogP contribution is -2.60. The van der Waals surface area contributed by atoms with Crippen molar-refractivity contribution in [2.24, 2.45) is 5.92 Å². The van der Waals surface area contributed by atoms with Crippen molar-refractivity contribution >= 4 is 5.91 Å². The lowest BCUT2D eigenvalue weighted by molar-refractivity contribution is -0.316. The zero-order valence-corrected chi connectivity index (χ0v) is 13.2. The molecule has 4 heteroatoms. The number of ether oxygens (including phenoxy) is 1. The number of benzene rings is 1. The molecule has 2 heterocycles. The molecule has 1 aromatic rings. The summed E-state index contributed by atoms with van der Waals surface area (Å²) in [5.41, 5.74) is 1.34. The maximum atomic E-state index is 12.2. The number of hydrogen-bond acceptors (Lipinski definition) is 3. The van der Waals surface area contributed by atoms with E-state index in [1.807, 2.05) is 6.07 Å². The predicted octanol–water partition coefficient (Wildman–Crippen LogP) is 3.31. The van der Waals surface area contributed by atoms with E-state index >= 15 is 0 Å². The minimum Gasteiger partial charge on any atom is -0.350 e. The summed E-state index contributed by atoms with van der Waals surface area (Å²) in [6, 6.07) is 10.6. The lowest BCUT2D eigenvalue weighted by atomic mass is 9.86. The molecule has 0 saturated carbocycles. The summed E-state index contributed by atoms with van der Waals surface area (Å²) >= 11 is 0. The Morgan fingerprint density at radius 1 is 1.27 bits per heavy atom. The van der Waals surface area contributed by atoms with Gasteiger partial charge < -0.3 is 4.74 Å². The van der Waals surface area contributed by atoms with Crippen molar-refractivity contribution < 1.29 is 14.4 Å². The van der Waals surface area contributed by atoms with Gasteiger partial charge in [0.1, 0.15) is 0 Å². The lowest BCUT2D eigenvalue weighted by Gasteiger charge is -2.45. The van der Waals surface area contributed by atoms with Crippen LogP contribution in [0.4, 0.5) is 0 Å². The second-order valence-corrected chi connectivity index (χ2v) is 6.29. The number of carbonyl (C=O) groups excluding carboxylic acids is 1. The van der Waals surface area contributed by atoms with Crippen LogP contribution >= 0.6 is 0 Å². The molecule has 2 aliphatic heterocycles. The topological polar surface area (TPSA) is 38.8 Å². The van der Waals surface area contributed by atoms with E-state index in [0.29, 0.717) is 0 Å². The number of hydroxylamine groups is 2. The third-order valence-electron chi connectivity index (χ3n) is 4.68. The third kappa shape index (κ3) is 3.50. The highest BCUT2D eigenvalue weighted by molar-refractivity contribution is 5.84. The zero-order valence-electron chi connectivity index (χ0n) is 13.2. The number of amides is 1. The van der Waals surface area contributed by atoms with Crippen molar-refractivity contribution in [3.8, 4) is 0 Å². The maximum Gasteiger partial charge on any atom is 0.251 e. The molecule has 0 aliphatic carbocycles. The smallest absolute Gasteiger partial charge is 0.251 e. The first-order valence-electron chi connectivity index (χ1n) is 8.41. The standard InChI is InChI=1S/C18H25NO3/c1-14-16(11-7-10-15-8-3-2-4-9-15)18(20)19(14)22-17-12-5-6-13-21-17/h2-4,8-9,14,16-17H,5-7,10-13H2,1H3/t14?,16?,17-/m0/s1. The number of nitrogens with zero attached hydrogens (tertiary/aromatic N) is 1. The second-order valence-electron chi connectivity index (χ2n) is 6.29. The summed E-state index contributed by atoms with van der Waals surface area (Å²) in [5.74, 6) is 0.224. The van der Waals surface area contributed by atoms with Gasteiger partial charge in [-0.1, -0.05) is 30.3 Å². The minimum absolute atomic E-state index is 0.104. The Balaban J connectivity index is 1.41. The Bertz CT molecular complexity index is 484. The molecule has 4 nitrogen and oxygen atoms in total. The fraction of sp³-hybridized carbons (Fsp3) is 0.611. The van der Waals surface area contributed by atoms with Crippen molar-refractivity contribution in [2.75, 3.05) is 6.61 Å². The largest absolute Gasteiger partial charge is 0.350 e. The monoisotopic (exact) mass is 303 g/mol. The molecule has 0 N–H and O–H groups in total. The molecule has 3 rings (SSSR count). The summed E-state index contributed by atoms with van der Waals surface area (Å²) < 4.78 is 5.54. The molecule has 120 valence electrons.